The topological polar surface area (TPSA) is 141 Å². The van der Waals surface area contributed by atoms with Gasteiger partial charge in [0.05, 0.1) is 26.4 Å². The molecule has 0 fully saturated rings. The van der Waals surface area contributed by atoms with Crippen molar-refractivity contribution in [2.24, 2.45) is 23.6 Å². The van der Waals surface area contributed by atoms with Crippen LogP contribution in [0.1, 0.15) is 77.0 Å². The first-order valence-electron chi connectivity index (χ1n) is 9.10. The zero-order valence-corrected chi connectivity index (χ0v) is 15.3. The second-order valence-electron chi connectivity index (χ2n) is 5.73. The second-order valence-corrected chi connectivity index (χ2v) is 5.73. The number of unbranched alkanes of at least 4 members (excludes halogenated alkanes) is 10. The highest BCUT2D eigenvalue weighted by atomic mass is 16.6. The summed E-state index contributed by atoms with van der Waals surface area (Å²) in [6, 6.07) is 0. The molecule has 0 saturated carbocycles. The van der Waals surface area contributed by atoms with Crippen LogP contribution in [-0.4, -0.2) is 26.4 Å². The first kappa shape index (κ1) is 25.9. The summed E-state index contributed by atoms with van der Waals surface area (Å²) in [6.07, 6.45) is 14.0. The Morgan fingerprint density at radius 1 is 0.292 bits per heavy atom. The highest BCUT2D eigenvalue weighted by Crippen LogP contribution is 2.06. The van der Waals surface area contributed by atoms with Gasteiger partial charge in [0, 0.05) is 0 Å². The lowest BCUT2D eigenvalue weighted by Gasteiger charge is -2.00. The van der Waals surface area contributed by atoms with E-state index < -0.39 is 0 Å². The van der Waals surface area contributed by atoms with Gasteiger partial charge in [0.25, 0.3) is 0 Å². The predicted molar refractivity (Wildman–Crippen MR) is 96.0 cm³/mol. The minimum absolute atomic E-state index is 0.660. The molecule has 0 aliphatic carbocycles. The van der Waals surface area contributed by atoms with Crippen molar-refractivity contribution in [3.05, 3.63) is 0 Å². The van der Waals surface area contributed by atoms with Gasteiger partial charge in [0.2, 0.25) is 0 Å². The Morgan fingerprint density at radius 2 is 0.458 bits per heavy atom. The van der Waals surface area contributed by atoms with Crippen molar-refractivity contribution < 1.29 is 19.4 Å². The molecule has 0 aromatic heterocycles. The van der Waals surface area contributed by atoms with E-state index in [0.29, 0.717) is 26.4 Å². The van der Waals surface area contributed by atoms with E-state index in [0.717, 1.165) is 25.7 Å². The molecule has 0 saturated heterocycles. The molecule has 0 unspecified atom stereocenters. The Balaban J connectivity index is 0. The lowest BCUT2D eigenvalue weighted by Crippen LogP contribution is -2.01. The molecule has 8 N–H and O–H groups in total. The van der Waals surface area contributed by atoms with Gasteiger partial charge in [0.1, 0.15) is 0 Å². The highest BCUT2D eigenvalue weighted by molar-refractivity contribution is 4.45. The van der Waals surface area contributed by atoms with Crippen LogP contribution in [0, 0.1) is 0 Å². The normalized spacial score (nSPS) is 10.5. The molecule has 0 heterocycles. The van der Waals surface area contributed by atoms with Gasteiger partial charge in [-0.15, -0.1) is 0 Å². The first-order valence-corrected chi connectivity index (χ1v) is 9.10. The van der Waals surface area contributed by atoms with Crippen LogP contribution in [-0.2, 0) is 19.4 Å². The Morgan fingerprint density at radius 3 is 0.625 bits per heavy atom. The van der Waals surface area contributed by atoms with Crippen molar-refractivity contribution >= 4 is 0 Å². The monoisotopic (exact) mass is 352 g/mol. The van der Waals surface area contributed by atoms with Gasteiger partial charge < -0.3 is 19.4 Å². The highest BCUT2D eigenvalue weighted by Gasteiger charge is 1.91. The zero-order chi connectivity index (χ0) is 18.1. The Labute approximate surface area is 147 Å². The minimum Gasteiger partial charge on any atom is -0.305 e. The Bertz CT molecular complexity index is 185. The third-order valence-corrected chi connectivity index (χ3v) is 3.55. The quantitative estimate of drug-likeness (QED) is 0.217. The van der Waals surface area contributed by atoms with Crippen molar-refractivity contribution in [2.75, 3.05) is 26.4 Å². The average Bonchev–Trinajstić information content (AvgIpc) is 2.60. The lowest BCUT2D eigenvalue weighted by atomic mass is 10.1. The molecule has 0 bridgehead atoms. The predicted octanol–water partition coefficient (Wildman–Crippen LogP) is 2.22. The molecule has 0 aromatic rings. The van der Waals surface area contributed by atoms with Crippen molar-refractivity contribution in [1.29, 1.82) is 0 Å². The first-order chi connectivity index (χ1) is 11.8. The molecule has 8 heteroatoms. The van der Waals surface area contributed by atoms with Gasteiger partial charge in [-0.2, -0.15) is 0 Å². The van der Waals surface area contributed by atoms with E-state index in [4.69, 9.17) is 23.6 Å². The van der Waals surface area contributed by atoms with Crippen LogP contribution in [0.2, 0.25) is 0 Å². The van der Waals surface area contributed by atoms with Crippen LogP contribution >= 0.6 is 0 Å². The largest absolute Gasteiger partial charge is 0.305 e. The van der Waals surface area contributed by atoms with Crippen LogP contribution in [0.5, 0.6) is 0 Å². The number of hydrogen-bond donors (Lipinski definition) is 4. The maximum absolute atomic E-state index is 4.90. The van der Waals surface area contributed by atoms with Gasteiger partial charge in [-0.3, -0.25) is 0 Å². The average molecular weight is 353 g/mol. The van der Waals surface area contributed by atoms with Crippen LogP contribution in [0.15, 0.2) is 0 Å². The number of nitrogens with two attached hydrogens (primary N) is 4. The van der Waals surface area contributed by atoms with E-state index in [1.807, 2.05) is 0 Å². The molecule has 0 aliphatic heterocycles. The van der Waals surface area contributed by atoms with E-state index >= 15 is 0 Å². The molecular weight excluding hydrogens is 312 g/mol. The second kappa shape index (κ2) is 27.5. The fourth-order valence-corrected chi connectivity index (χ4v) is 2.16. The summed E-state index contributed by atoms with van der Waals surface area (Å²) >= 11 is 0. The maximum Gasteiger partial charge on any atom is 0.0679 e. The van der Waals surface area contributed by atoms with E-state index in [1.165, 1.54) is 51.4 Å². The van der Waals surface area contributed by atoms with Gasteiger partial charge in [0.15, 0.2) is 0 Å². The van der Waals surface area contributed by atoms with Gasteiger partial charge >= 0.3 is 0 Å². The molecule has 0 spiro atoms. The van der Waals surface area contributed by atoms with E-state index in [-0.39, 0.29) is 0 Å². The van der Waals surface area contributed by atoms with Crippen LogP contribution in [0.25, 0.3) is 0 Å². The van der Waals surface area contributed by atoms with Crippen LogP contribution in [0.4, 0.5) is 0 Å². The number of rotatable bonds is 18. The summed E-state index contributed by atoms with van der Waals surface area (Å²) in [6.45, 7) is 2.68. The molecule has 0 amide bonds. The summed E-state index contributed by atoms with van der Waals surface area (Å²) in [5.74, 6) is 19.5. The van der Waals surface area contributed by atoms with E-state index in [1.54, 1.807) is 0 Å². The van der Waals surface area contributed by atoms with Gasteiger partial charge in [-0.05, 0) is 25.7 Å². The minimum atomic E-state index is 0.660. The molecule has 24 heavy (non-hydrogen) atoms. The number of hydrogen-bond acceptors (Lipinski definition) is 8. The third kappa shape index (κ3) is 29.7. The van der Waals surface area contributed by atoms with Gasteiger partial charge in [-0.1, -0.05) is 51.4 Å². The molecule has 8 nitrogen and oxygen atoms in total. The summed E-state index contributed by atoms with van der Waals surface area (Å²) < 4.78 is 0. The fourth-order valence-electron chi connectivity index (χ4n) is 2.16. The maximum atomic E-state index is 4.90. The Kier molecular flexibility index (Phi) is 29.7. The summed E-state index contributed by atoms with van der Waals surface area (Å²) in [7, 11) is 0. The zero-order valence-electron chi connectivity index (χ0n) is 15.3. The molecule has 0 atom stereocenters. The molecule has 0 radical (unpaired) electrons. The molecule has 0 aliphatic rings. The van der Waals surface area contributed by atoms with Crippen molar-refractivity contribution in [2.45, 2.75) is 77.0 Å². The molecule has 148 valence electrons. The van der Waals surface area contributed by atoms with Gasteiger partial charge in [-0.25, -0.2) is 23.6 Å². The molecular formula is C16H40N4O4. The van der Waals surface area contributed by atoms with Crippen molar-refractivity contribution in [3.63, 3.8) is 0 Å². The molecule has 0 aromatic carbocycles. The summed E-state index contributed by atoms with van der Waals surface area (Å²) in [4.78, 5) is 17.8. The summed E-state index contributed by atoms with van der Waals surface area (Å²) in [5.41, 5.74) is 0. The SMILES string of the molecule is NOCCCCCCCCCON.NOCCCCCCCON. The smallest absolute Gasteiger partial charge is 0.0679 e. The van der Waals surface area contributed by atoms with Crippen LogP contribution < -0.4 is 23.6 Å². The fraction of sp³-hybridized carbons (Fsp3) is 1.00. The standard InChI is InChI=1S/C9H22N2O2.C7H18N2O2/c10-12-8-6-4-2-1-3-5-7-9-13-11;8-10-6-4-2-1-3-5-7-11-9/h1-11H2;1-9H2. The van der Waals surface area contributed by atoms with Crippen LogP contribution in [0.3, 0.4) is 0 Å². The lowest BCUT2D eigenvalue weighted by molar-refractivity contribution is 0.128. The van der Waals surface area contributed by atoms with Crippen molar-refractivity contribution in [3.8, 4) is 0 Å². The third-order valence-electron chi connectivity index (χ3n) is 3.55. The van der Waals surface area contributed by atoms with E-state index in [9.17, 15) is 0 Å². The summed E-state index contributed by atoms with van der Waals surface area (Å²) in [5, 5.41) is 0. The van der Waals surface area contributed by atoms with E-state index in [2.05, 4.69) is 19.4 Å². The van der Waals surface area contributed by atoms with Crippen molar-refractivity contribution in [1.82, 2.24) is 0 Å². The molecule has 0 rings (SSSR count). The Hall–Kier alpha value is -0.320.